The molecule has 0 bridgehead atoms. The van der Waals surface area contributed by atoms with Crippen LogP contribution < -0.4 is 0 Å². The molecule has 1 aromatic carbocycles. The van der Waals surface area contributed by atoms with E-state index in [0.29, 0.717) is 12.9 Å². The summed E-state index contributed by atoms with van der Waals surface area (Å²) in [6, 6.07) is 12.7. The van der Waals surface area contributed by atoms with Gasteiger partial charge in [-0.3, -0.25) is 0 Å². The molecule has 0 N–H and O–H groups in total. The number of benzene rings is 1. The minimum atomic E-state index is -0.621. The smallest absolute Gasteiger partial charge is 0.374 e. The Morgan fingerprint density at radius 3 is 2.67 bits per heavy atom. The molecule has 1 aromatic heterocycles. The predicted octanol–water partition coefficient (Wildman–Crippen LogP) is 2.61. The number of carbonyl (C=O) groups excluding carboxylic acids is 2. The Labute approximate surface area is 122 Å². The molecular formula is C16H16O5. The van der Waals surface area contributed by atoms with Gasteiger partial charge >= 0.3 is 5.97 Å². The second-order valence-electron chi connectivity index (χ2n) is 4.41. The van der Waals surface area contributed by atoms with E-state index in [-0.39, 0.29) is 18.8 Å². The van der Waals surface area contributed by atoms with Crippen LogP contribution >= 0.6 is 0 Å². The van der Waals surface area contributed by atoms with Gasteiger partial charge in [0.2, 0.25) is 5.76 Å². The van der Waals surface area contributed by atoms with E-state index in [1.54, 1.807) is 6.07 Å². The van der Waals surface area contributed by atoms with Gasteiger partial charge in [-0.1, -0.05) is 30.3 Å². The van der Waals surface area contributed by atoms with Crippen LogP contribution in [-0.2, 0) is 20.9 Å². The highest BCUT2D eigenvalue weighted by molar-refractivity contribution is 5.86. The second-order valence-corrected chi connectivity index (χ2v) is 4.41. The van der Waals surface area contributed by atoms with Crippen LogP contribution in [0.3, 0.4) is 0 Å². The summed E-state index contributed by atoms with van der Waals surface area (Å²) < 4.78 is 15.6. The van der Waals surface area contributed by atoms with Gasteiger partial charge in [-0.05, 0) is 17.7 Å². The average molecular weight is 288 g/mol. The molecule has 0 amide bonds. The number of furan rings is 1. The Kier molecular flexibility index (Phi) is 5.72. The third-order valence-corrected chi connectivity index (χ3v) is 2.77. The molecule has 0 aliphatic heterocycles. The summed E-state index contributed by atoms with van der Waals surface area (Å²) >= 11 is 0. The predicted molar refractivity (Wildman–Crippen MR) is 74.7 cm³/mol. The van der Waals surface area contributed by atoms with E-state index < -0.39 is 12.1 Å². The number of carbonyl (C=O) groups is 2. The van der Waals surface area contributed by atoms with Crippen LogP contribution in [0.4, 0.5) is 0 Å². The lowest BCUT2D eigenvalue weighted by atomic mass is 10.2. The summed E-state index contributed by atoms with van der Waals surface area (Å²) in [6.07, 6.45) is 1.55. The molecule has 1 heterocycles. The van der Waals surface area contributed by atoms with E-state index in [1.807, 2.05) is 30.3 Å². The molecule has 0 saturated heterocycles. The average Bonchev–Trinajstić information content (AvgIpc) is 3.03. The first-order valence-electron chi connectivity index (χ1n) is 6.59. The van der Waals surface area contributed by atoms with Gasteiger partial charge in [0.15, 0.2) is 0 Å². The minimum absolute atomic E-state index is 0.0846. The number of ether oxygens (including phenoxy) is 2. The highest BCUT2D eigenvalue weighted by Gasteiger charge is 2.18. The summed E-state index contributed by atoms with van der Waals surface area (Å²) in [6.45, 7) is 0.550. The molecule has 0 aliphatic carbocycles. The lowest BCUT2D eigenvalue weighted by molar-refractivity contribution is -0.110. The lowest BCUT2D eigenvalue weighted by Gasteiger charge is -2.15. The Morgan fingerprint density at radius 1 is 1.19 bits per heavy atom. The lowest BCUT2D eigenvalue weighted by Crippen LogP contribution is -2.24. The molecule has 0 fully saturated rings. The Balaban J connectivity index is 1.81. The fourth-order valence-corrected chi connectivity index (χ4v) is 1.74. The Hall–Kier alpha value is -2.40. The fraction of sp³-hybridized carbons (Fsp3) is 0.250. The monoisotopic (exact) mass is 288 g/mol. The highest BCUT2D eigenvalue weighted by atomic mass is 16.6. The molecule has 0 spiro atoms. The number of rotatable bonds is 8. The fourth-order valence-electron chi connectivity index (χ4n) is 1.74. The van der Waals surface area contributed by atoms with Crippen LogP contribution in [0.5, 0.6) is 0 Å². The van der Waals surface area contributed by atoms with Crippen molar-refractivity contribution in [3.05, 3.63) is 60.1 Å². The minimum Gasteiger partial charge on any atom is -0.457 e. The summed E-state index contributed by atoms with van der Waals surface area (Å²) in [5, 5.41) is 0. The molecule has 1 atom stereocenters. The molecule has 1 unspecified atom stereocenters. The largest absolute Gasteiger partial charge is 0.457 e. The quantitative estimate of drug-likeness (QED) is 0.552. The van der Waals surface area contributed by atoms with E-state index in [2.05, 4.69) is 0 Å². The van der Waals surface area contributed by atoms with E-state index in [0.717, 1.165) is 5.56 Å². The standard InChI is InChI=1S/C16H16O5/c17-9-8-14(21-16(18)15-7-4-10-20-15)12-19-11-13-5-2-1-3-6-13/h1-7,9-10,14H,8,11-12H2. The molecule has 2 aromatic rings. The molecule has 110 valence electrons. The number of aldehydes is 1. The van der Waals surface area contributed by atoms with Crippen LogP contribution in [0.2, 0.25) is 0 Å². The van der Waals surface area contributed by atoms with Crippen LogP contribution in [0.15, 0.2) is 53.1 Å². The van der Waals surface area contributed by atoms with E-state index >= 15 is 0 Å². The Morgan fingerprint density at radius 2 is 2.00 bits per heavy atom. The van der Waals surface area contributed by atoms with E-state index in [1.165, 1.54) is 12.3 Å². The maximum atomic E-state index is 11.7. The molecule has 5 heteroatoms. The van der Waals surface area contributed by atoms with Crippen LogP contribution in [-0.4, -0.2) is 25.0 Å². The maximum absolute atomic E-state index is 11.7. The molecular weight excluding hydrogens is 272 g/mol. The first kappa shape index (κ1) is 15.0. The summed E-state index contributed by atoms with van der Waals surface area (Å²) in [4.78, 5) is 22.4. The zero-order valence-corrected chi connectivity index (χ0v) is 11.4. The van der Waals surface area contributed by atoms with Crippen molar-refractivity contribution in [2.24, 2.45) is 0 Å². The van der Waals surface area contributed by atoms with Gasteiger partial charge in [0.05, 0.1) is 19.5 Å². The van der Waals surface area contributed by atoms with Gasteiger partial charge in [0, 0.05) is 6.42 Å². The third-order valence-electron chi connectivity index (χ3n) is 2.77. The highest BCUT2D eigenvalue weighted by Crippen LogP contribution is 2.08. The van der Waals surface area contributed by atoms with Gasteiger partial charge in [-0.25, -0.2) is 4.79 Å². The summed E-state index contributed by atoms with van der Waals surface area (Å²) in [5.41, 5.74) is 1.01. The maximum Gasteiger partial charge on any atom is 0.374 e. The number of hydrogen-bond acceptors (Lipinski definition) is 5. The van der Waals surface area contributed by atoms with Crippen molar-refractivity contribution in [2.45, 2.75) is 19.1 Å². The second kappa shape index (κ2) is 8.01. The van der Waals surface area contributed by atoms with Crippen molar-refractivity contribution in [1.82, 2.24) is 0 Å². The van der Waals surface area contributed by atoms with Gasteiger partial charge in [0.25, 0.3) is 0 Å². The Bertz CT molecular complexity index is 547. The van der Waals surface area contributed by atoms with Gasteiger partial charge in [0.1, 0.15) is 12.4 Å². The first-order chi connectivity index (χ1) is 10.3. The van der Waals surface area contributed by atoms with Gasteiger partial charge in [-0.15, -0.1) is 0 Å². The van der Waals surface area contributed by atoms with Crippen molar-refractivity contribution >= 4 is 12.3 Å². The third kappa shape index (κ3) is 4.89. The van der Waals surface area contributed by atoms with Crippen LogP contribution in [0.1, 0.15) is 22.5 Å². The number of esters is 1. The molecule has 21 heavy (non-hydrogen) atoms. The first-order valence-corrected chi connectivity index (χ1v) is 6.59. The SMILES string of the molecule is O=CCC(COCc1ccccc1)OC(=O)c1ccco1. The van der Waals surface area contributed by atoms with Crippen LogP contribution in [0, 0.1) is 0 Å². The summed E-state index contributed by atoms with van der Waals surface area (Å²) in [5.74, 6) is -0.496. The topological polar surface area (TPSA) is 65.7 Å². The zero-order valence-electron chi connectivity index (χ0n) is 11.4. The molecule has 0 aliphatic rings. The zero-order chi connectivity index (χ0) is 14.9. The van der Waals surface area contributed by atoms with Crippen molar-refractivity contribution < 1.29 is 23.5 Å². The summed E-state index contributed by atoms with van der Waals surface area (Å²) in [7, 11) is 0. The van der Waals surface area contributed by atoms with E-state index in [4.69, 9.17) is 13.9 Å². The molecule has 0 radical (unpaired) electrons. The van der Waals surface area contributed by atoms with Gasteiger partial charge in [-0.2, -0.15) is 0 Å². The molecule has 0 saturated carbocycles. The normalized spacial score (nSPS) is 11.8. The van der Waals surface area contributed by atoms with Crippen molar-refractivity contribution in [3.8, 4) is 0 Å². The number of hydrogen-bond donors (Lipinski definition) is 0. The van der Waals surface area contributed by atoms with Crippen LogP contribution in [0.25, 0.3) is 0 Å². The van der Waals surface area contributed by atoms with Crippen molar-refractivity contribution in [2.75, 3.05) is 6.61 Å². The van der Waals surface area contributed by atoms with Gasteiger partial charge < -0.3 is 18.7 Å². The van der Waals surface area contributed by atoms with Crippen molar-refractivity contribution in [3.63, 3.8) is 0 Å². The molecule has 2 rings (SSSR count). The van der Waals surface area contributed by atoms with Crippen molar-refractivity contribution in [1.29, 1.82) is 0 Å². The van der Waals surface area contributed by atoms with E-state index in [9.17, 15) is 9.59 Å². The molecule has 5 nitrogen and oxygen atoms in total.